The van der Waals surface area contributed by atoms with E-state index >= 15 is 8.78 Å². The number of hydrogen-bond acceptors (Lipinski definition) is 9. The molecular formula is C30H32ClF4N7O2. The Balaban J connectivity index is 1.39. The minimum atomic E-state index is -1.10. The van der Waals surface area contributed by atoms with Crippen LogP contribution < -0.4 is 20.7 Å². The smallest absolute Gasteiger partial charge is 0.319 e. The second kappa shape index (κ2) is 10.9. The standard InChI is InChI=1S/C30H32ClF4N7O2/c1-3-16-12-41(10-14(2)37-16)27-17-7-18(31)21(22-19(33)8-20(34)26-25(22)38-28(36)44-26)23(35)24(17)39-29(40-27)43-13-30-5-4-6-42(30)11-15(32)9-30/h7-8,14-16,37H,3-6,9-13H2,1-2H3,(H2,36,38)/t14-,15-,16-,30+/m1/s1. The Bertz CT molecular complexity index is 1770. The number of alkyl halides is 1. The minimum Gasteiger partial charge on any atom is -0.461 e. The van der Waals surface area contributed by atoms with E-state index in [1.165, 1.54) is 6.07 Å². The molecule has 0 unspecified atom stereocenters. The molecule has 0 aliphatic carbocycles. The summed E-state index contributed by atoms with van der Waals surface area (Å²) in [6.45, 7) is 6.55. The molecule has 2 aromatic heterocycles. The monoisotopic (exact) mass is 633 g/mol. The normalized spacial score (nSPS) is 25.8. The van der Waals surface area contributed by atoms with Crippen molar-refractivity contribution in [3.8, 4) is 17.1 Å². The van der Waals surface area contributed by atoms with Crippen molar-refractivity contribution < 1.29 is 26.7 Å². The third kappa shape index (κ3) is 4.80. The number of halogens is 5. The second-order valence-electron chi connectivity index (χ2n) is 12.2. The highest BCUT2D eigenvalue weighted by atomic mass is 35.5. The average molecular weight is 634 g/mol. The zero-order valence-corrected chi connectivity index (χ0v) is 25.0. The van der Waals surface area contributed by atoms with Crippen LogP contribution in [0.3, 0.4) is 0 Å². The van der Waals surface area contributed by atoms with Gasteiger partial charge in [-0.15, -0.1) is 0 Å². The van der Waals surface area contributed by atoms with Crippen LogP contribution in [0.4, 0.5) is 29.4 Å². The second-order valence-corrected chi connectivity index (χ2v) is 12.6. The third-order valence-corrected chi connectivity index (χ3v) is 9.46. The molecule has 9 nitrogen and oxygen atoms in total. The van der Waals surface area contributed by atoms with Crippen molar-refractivity contribution in [3.63, 3.8) is 0 Å². The Labute approximate surface area is 255 Å². The fourth-order valence-corrected chi connectivity index (χ4v) is 7.50. The number of oxazole rings is 1. The van der Waals surface area contributed by atoms with Crippen LogP contribution in [0.1, 0.15) is 39.5 Å². The van der Waals surface area contributed by atoms with Gasteiger partial charge in [0.15, 0.2) is 17.2 Å². The number of benzene rings is 2. The highest BCUT2D eigenvalue weighted by Gasteiger charge is 2.49. The van der Waals surface area contributed by atoms with Gasteiger partial charge in [-0.2, -0.15) is 15.0 Å². The van der Waals surface area contributed by atoms with E-state index in [9.17, 15) is 8.78 Å². The maximum absolute atomic E-state index is 16.7. The van der Waals surface area contributed by atoms with Crippen molar-refractivity contribution in [2.75, 3.05) is 43.4 Å². The molecule has 3 aliphatic rings. The Hall–Kier alpha value is -3.42. The van der Waals surface area contributed by atoms with Gasteiger partial charge in [-0.05, 0) is 38.8 Å². The predicted octanol–water partition coefficient (Wildman–Crippen LogP) is 5.62. The molecule has 3 aliphatic heterocycles. The fraction of sp³-hybridized carbons (Fsp3) is 0.500. The number of hydrogen-bond donors (Lipinski definition) is 2. The Morgan fingerprint density at radius 1 is 1.11 bits per heavy atom. The van der Waals surface area contributed by atoms with Gasteiger partial charge < -0.3 is 25.1 Å². The molecule has 0 amide bonds. The lowest BCUT2D eigenvalue weighted by molar-refractivity contribution is 0.107. The summed E-state index contributed by atoms with van der Waals surface area (Å²) in [5.74, 6) is -2.69. The van der Waals surface area contributed by atoms with Crippen LogP contribution in [0.2, 0.25) is 5.02 Å². The van der Waals surface area contributed by atoms with Gasteiger partial charge in [-0.25, -0.2) is 17.6 Å². The Morgan fingerprint density at radius 3 is 2.73 bits per heavy atom. The Kier molecular flexibility index (Phi) is 7.25. The number of nitrogens with zero attached hydrogens (tertiary/aromatic N) is 5. The van der Waals surface area contributed by atoms with Gasteiger partial charge in [0.25, 0.3) is 6.01 Å². The SMILES string of the molecule is CC[C@@H]1CN(c2nc(OC[C@@]34CCCN3C[C@H](F)C4)nc3c(F)c(-c4c(F)cc(F)c5oc(N)nc45)c(Cl)cc23)C[C@@H](C)N1. The van der Waals surface area contributed by atoms with Crippen LogP contribution in [0, 0.1) is 17.5 Å². The molecule has 44 heavy (non-hydrogen) atoms. The molecule has 7 rings (SSSR count). The summed E-state index contributed by atoms with van der Waals surface area (Å²) in [7, 11) is 0. The lowest BCUT2D eigenvalue weighted by Crippen LogP contribution is -2.55. The van der Waals surface area contributed by atoms with Gasteiger partial charge in [0.1, 0.15) is 35.4 Å². The fourth-order valence-electron chi connectivity index (χ4n) is 7.21. The van der Waals surface area contributed by atoms with E-state index in [0.717, 1.165) is 25.8 Å². The van der Waals surface area contributed by atoms with Gasteiger partial charge in [-0.1, -0.05) is 18.5 Å². The molecule has 2 aromatic carbocycles. The minimum absolute atomic E-state index is 0.0853. The van der Waals surface area contributed by atoms with Crippen molar-refractivity contribution in [2.45, 2.75) is 63.3 Å². The van der Waals surface area contributed by atoms with Crippen LogP contribution in [0.15, 0.2) is 16.5 Å². The zero-order valence-electron chi connectivity index (χ0n) is 24.3. The first-order chi connectivity index (χ1) is 21.1. The van der Waals surface area contributed by atoms with Gasteiger partial charge >= 0.3 is 6.01 Å². The topological polar surface area (TPSA) is 106 Å². The number of piperazine rings is 1. The summed E-state index contributed by atoms with van der Waals surface area (Å²) in [4.78, 5) is 17.3. The Morgan fingerprint density at radius 2 is 1.93 bits per heavy atom. The summed E-state index contributed by atoms with van der Waals surface area (Å²) in [6, 6.07) is 1.80. The first-order valence-electron chi connectivity index (χ1n) is 14.8. The average Bonchev–Trinajstić information content (AvgIpc) is 3.64. The molecule has 4 atom stereocenters. The van der Waals surface area contributed by atoms with Crippen molar-refractivity contribution in [1.29, 1.82) is 0 Å². The molecule has 5 heterocycles. The highest BCUT2D eigenvalue weighted by Crippen LogP contribution is 2.44. The molecule has 0 radical (unpaired) electrons. The highest BCUT2D eigenvalue weighted by molar-refractivity contribution is 6.35. The molecule has 14 heteroatoms. The van der Waals surface area contributed by atoms with E-state index in [0.29, 0.717) is 43.3 Å². The first kappa shape index (κ1) is 29.3. The largest absolute Gasteiger partial charge is 0.461 e. The molecular weight excluding hydrogens is 602 g/mol. The van der Waals surface area contributed by atoms with Crippen LogP contribution >= 0.6 is 11.6 Å². The molecule has 0 saturated carbocycles. The van der Waals surface area contributed by atoms with Gasteiger partial charge in [-0.3, -0.25) is 4.90 Å². The van der Waals surface area contributed by atoms with Crippen molar-refractivity contribution in [2.24, 2.45) is 0 Å². The number of aromatic nitrogens is 3. The lowest BCUT2D eigenvalue weighted by Gasteiger charge is -2.38. The van der Waals surface area contributed by atoms with Crippen molar-refractivity contribution in [1.82, 2.24) is 25.2 Å². The van der Waals surface area contributed by atoms with E-state index in [1.807, 2.05) is 4.90 Å². The predicted molar refractivity (Wildman–Crippen MR) is 159 cm³/mol. The summed E-state index contributed by atoms with van der Waals surface area (Å²) in [5, 5.41) is 3.69. The van der Waals surface area contributed by atoms with Crippen molar-refractivity contribution in [3.05, 3.63) is 34.6 Å². The number of fused-ring (bicyclic) bond motifs is 3. The van der Waals surface area contributed by atoms with Crippen LogP contribution in [-0.2, 0) is 0 Å². The van der Waals surface area contributed by atoms with Crippen LogP contribution in [0.25, 0.3) is 33.1 Å². The van der Waals surface area contributed by atoms with Crippen molar-refractivity contribution >= 4 is 45.4 Å². The number of nitrogen functional groups attached to an aromatic ring is 1. The molecule has 3 fully saturated rings. The summed E-state index contributed by atoms with van der Waals surface area (Å²) in [6.07, 6.45) is 1.95. The number of nitrogens with two attached hydrogens (primary N) is 1. The summed E-state index contributed by atoms with van der Waals surface area (Å²) < 4.78 is 72.3. The molecule has 3 saturated heterocycles. The summed E-state index contributed by atoms with van der Waals surface area (Å²) >= 11 is 6.67. The molecule has 234 valence electrons. The van der Waals surface area contributed by atoms with Gasteiger partial charge in [0.05, 0.1) is 16.1 Å². The molecule has 0 spiro atoms. The quantitative estimate of drug-likeness (QED) is 0.262. The molecule has 3 N–H and O–H groups in total. The molecule has 4 aromatic rings. The maximum Gasteiger partial charge on any atom is 0.319 e. The number of rotatable bonds is 6. The van der Waals surface area contributed by atoms with Crippen LogP contribution in [0.5, 0.6) is 6.01 Å². The van der Waals surface area contributed by atoms with Gasteiger partial charge in [0, 0.05) is 55.2 Å². The third-order valence-electron chi connectivity index (χ3n) is 9.16. The number of anilines is 2. The zero-order chi connectivity index (χ0) is 30.9. The van der Waals surface area contributed by atoms with E-state index in [2.05, 4.69) is 34.0 Å². The first-order valence-corrected chi connectivity index (χ1v) is 15.2. The van der Waals surface area contributed by atoms with Gasteiger partial charge in [0.2, 0.25) is 0 Å². The van der Waals surface area contributed by atoms with E-state index < -0.39 is 46.3 Å². The number of ether oxygens (including phenoxy) is 1. The van der Waals surface area contributed by atoms with Crippen LogP contribution in [-0.4, -0.2) is 76.4 Å². The lowest BCUT2D eigenvalue weighted by atomic mass is 9.95. The molecule has 0 bridgehead atoms. The van der Waals surface area contributed by atoms with E-state index in [1.54, 1.807) is 0 Å². The maximum atomic E-state index is 16.7. The van der Waals surface area contributed by atoms with E-state index in [-0.39, 0.29) is 46.3 Å². The number of nitrogens with one attached hydrogen (secondary N) is 1. The summed E-state index contributed by atoms with van der Waals surface area (Å²) in [5.41, 5.74) is 3.49. The van der Waals surface area contributed by atoms with E-state index in [4.69, 9.17) is 31.5 Å².